The Kier molecular flexibility index (Phi) is 10.3. The lowest BCUT2D eigenvalue weighted by Crippen LogP contribution is -2.04. The zero-order valence-corrected chi connectivity index (χ0v) is 32.8. The van der Waals surface area contributed by atoms with E-state index in [-0.39, 0.29) is 0 Å². The van der Waals surface area contributed by atoms with E-state index in [2.05, 4.69) is 52.5 Å². The molecule has 0 bridgehead atoms. The van der Waals surface area contributed by atoms with E-state index in [4.69, 9.17) is 43.6 Å². The molecule has 4 aromatic heterocycles. The minimum Gasteiger partial charge on any atom is -0.226 e. The van der Waals surface area contributed by atoms with Gasteiger partial charge in [-0.2, -0.15) is 19.8 Å². The lowest BCUT2D eigenvalue weighted by atomic mass is 10.2. The standard InChI is InChI=1S/C34H22Br2Cl2N12S2/c35-23-11-7-21(8-12-23)19-47-43-31(41-45-47)29-17-39-49(27-5-1-3-25(37)15-27)33(29)51-52-34-30(18-40-50(34)28-6-2-4-26(38)16-28)32-42-46-48(44-32)20-22-9-13-24(36)14-10-22/h1-18H,19-20H2. The predicted octanol–water partition coefficient (Wildman–Crippen LogP) is 9.09. The maximum Gasteiger partial charge on any atom is 0.209 e. The number of hydrogen-bond acceptors (Lipinski definition) is 10. The fourth-order valence-corrected chi connectivity index (χ4v) is 8.55. The highest BCUT2D eigenvalue weighted by Crippen LogP contribution is 2.46. The summed E-state index contributed by atoms with van der Waals surface area (Å²) >= 11 is 19.8. The summed E-state index contributed by atoms with van der Waals surface area (Å²) < 4.78 is 5.61. The van der Waals surface area contributed by atoms with Crippen LogP contribution in [0.15, 0.2) is 128 Å². The molecule has 4 aromatic carbocycles. The molecular weight excluding hydrogens is 871 g/mol. The Morgan fingerprint density at radius 1 is 0.558 bits per heavy atom. The van der Waals surface area contributed by atoms with Gasteiger partial charge in [-0.3, -0.25) is 0 Å². The Labute approximate surface area is 331 Å². The second-order valence-corrected chi connectivity index (χ2v) is 16.0. The van der Waals surface area contributed by atoms with Crippen molar-refractivity contribution in [1.29, 1.82) is 0 Å². The minimum atomic E-state index is 0.426. The topological polar surface area (TPSA) is 123 Å². The fraction of sp³-hybridized carbons (Fsp3) is 0.0588. The Balaban J connectivity index is 1.16. The van der Waals surface area contributed by atoms with E-state index in [1.165, 1.54) is 21.6 Å². The molecule has 0 saturated heterocycles. The predicted molar refractivity (Wildman–Crippen MR) is 209 cm³/mol. The third-order valence-corrected chi connectivity index (χ3v) is 11.5. The zero-order valence-electron chi connectivity index (χ0n) is 26.5. The van der Waals surface area contributed by atoms with Crippen LogP contribution in [0.25, 0.3) is 34.2 Å². The van der Waals surface area contributed by atoms with Gasteiger partial charge in [0.15, 0.2) is 0 Å². The molecule has 52 heavy (non-hydrogen) atoms. The molecule has 0 radical (unpaired) electrons. The molecule has 0 aliphatic heterocycles. The van der Waals surface area contributed by atoms with Crippen molar-refractivity contribution in [1.82, 2.24) is 60.0 Å². The van der Waals surface area contributed by atoms with Crippen LogP contribution in [0.2, 0.25) is 10.0 Å². The van der Waals surface area contributed by atoms with Crippen molar-refractivity contribution in [2.75, 3.05) is 0 Å². The van der Waals surface area contributed by atoms with Crippen molar-refractivity contribution in [3.05, 3.63) is 140 Å². The van der Waals surface area contributed by atoms with Gasteiger partial charge in [-0.1, -0.05) is 91.5 Å². The fourth-order valence-electron chi connectivity index (χ4n) is 5.15. The van der Waals surface area contributed by atoms with E-state index >= 15 is 0 Å². The minimum absolute atomic E-state index is 0.426. The van der Waals surface area contributed by atoms with Crippen LogP contribution in [0.5, 0.6) is 0 Å². The molecule has 0 N–H and O–H groups in total. The second-order valence-electron chi connectivity index (χ2n) is 11.2. The molecule has 4 heterocycles. The monoisotopic (exact) mass is 890 g/mol. The molecule has 0 aliphatic carbocycles. The summed E-state index contributed by atoms with van der Waals surface area (Å²) in [5.74, 6) is 0.851. The second kappa shape index (κ2) is 15.3. The van der Waals surface area contributed by atoms with Crippen molar-refractivity contribution in [3.8, 4) is 34.2 Å². The van der Waals surface area contributed by atoms with Crippen LogP contribution in [-0.2, 0) is 13.1 Å². The van der Waals surface area contributed by atoms with Gasteiger partial charge in [-0.25, -0.2) is 9.36 Å². The Hall–Kier alpha value is -4.32. The maximum absolute atomic E-state index is 6.43. The number of nitrogens with zero attached hydrogens (tertiary/aromatic N) is 12. The number of tetrazole rings is 2. The lowest BCUT2D eigenvalue weighted by Gasteiger charge is -2.11. The van der Waals surface area contributed by atoms with Crippen molar-refractivity contribution in [2.45, 2.75) is 23.1 Å². The largest absolute Gasteiger partial charge is 0.226 e. The van der Waals surface area contributed by atoms with Crippen molar-refractivity contribution >= 4 is 76.6 Å². The van der Waals surface area contributed by atoms with Crippen molar-refractivity contribution < 1.29 is 0 Å². The summed E-state index contributed by atoms with van der Waals surface area (Å²) in [4.78, 5) is 3.12. The summed E-state index contributed by atoms with van der Waals surface area (Å²) in [6.45, 7) is 0.912. The summed E-state index contributed by atoms with van der Waals surface area (Å²) in [5, 5.41) is 39.1. The highest BCUT2D eigenvalue weighted by atomic mass is 79.9. The summed E-state index contributed by atoms with van der Waals surface area (Å²) in [6.07, 6.45) is 3.46. The molecule has 0 atom stereocenters. The average molecular weight is 893 g/mol. The van der Waals surface area contributed by atoms with Crippen molar-refractivity contribution in [3.63, 3.8) is 0 Å². The van der Waals surface area contributed by atoms with Crippen LogP contribution >= 0.6 is 76.6 Å². The first-order chi connectivity index (χ1) is 25.4. The van der Waals surface area contributed by atoms with Gasteiger partial charge in [0.2, 0.25) is 11.6 Å². The van der Waals surface area contributed by atoms with E-state index < -0.39 is 0 Å². The van der Waals surface area contributed by atoms with E-state index in [0.29, 0.717) is 45.9 Å². The van der Waals surface area contributed by atoms with E-state index in [9.17, 15) is 0 Å². The van der Waals surface area contributed by atoms with Crippen LogP contribution in [0.4, 0.5) is 0 Å². The first-order valence-electron chi connectivity index (χ1n) is 15.4. The molecule has 0 unspecified atom stereocenters. The molecule has 0 saturated carbocycles. The smallest absolute Gasteiger partial charge is 0.209 e. The van der Waals surface area contributed by atoms with Gasteiger partial charge in [-0.05, 0) is 104 Å². The molecule has 0 spiro atoms. The zero-order chi connectivity index (χ0) is 35.6. The van der Waals surface area contributed by atoms with Crippen molar-refractivity contribution in [2.24, 2.45) is 0 Å². The van der Waals surface area contributed by atoms with Crippen LogP contribution in [0.1, 0.15) is 11.1 Å². The normalized spacial score (nSPS) is 11.4. The number of halogens is 4. The van der Waals surface area contributed by atoms with Gasteiger partial charge in [0, 0.05) is 19.0 Å². The molecular formula is C34H22Br2Cl2N12S2. The SMILES string of the molecule is Clc1cccc(-n2ncc(-c3nnn(Cc4ccc(Br)cc4)n3)c2SSc2c(-c3nnn(Cc4ccc(Br)cc4)n3)cnn2-c2cccc(Cl)c2)c1. The molecule has 12 nitrogen and oxygen atoms in total. The number of aromatic nitrogens is 12. The number of benzene rings is 4. The molecule has 0 aliphatic rings. The van der Waals surface area contributed by atoms with Crippen LogP contribution in [0, 0.1) is 0 Å². The molecule has 8 rings (SSSR count). The van der Waals surface area contributed by atoms with Gasteiger partial charge < -0.3 is 0 Å². The maximum atomic E-state index is 6.43. The van der Waals surface area contributed by atoms with Gasteiger partial charge in [-0.15, -0.1) is 20.4 Å². The van der Waals surface area contributed by atoms with Gasteiger partial charge in [0.25, 0.3) is 0 Å². The highest BCUT2D eigenvalue weighted by Gasteiger charge is 2.24. The van der Waals surface area contributed by atoms with Crippen LogP contribution in [-0.4, -0.2) is 60.0 Å². The lowest BCUT2D eigenvalue weighted by molar-refractivity contribution is 0.572. The Bertz CT molecular complexity index is 2320. The molecule has 258 valence electrons. The first-order valence-corrected chi connectivity index (χ1v) is 19.9. The van der Waals surface area contributed by atoms with E-state index in [1.54, 1.807) is 31.4 Å². The summed E-state index contributed by atoms with van der Waals surface area (Å²) in [6, 6.07) is 30.9. The Morgan fingerprint density at radius 2 is 0.981 bits per heavy atom. The van der Waals surface area contributed by atoms with E-state index in [1.807, 2.05) is 97.1 Å². The number of rotatable bonds is 11. The molecule has 8 aromatic rings. The molecule has 0 fully saturated rings. The Morgan fingerprint density at radius 3 is 1.38 bits per heavy atom. The first kappa shape index (κ1) is 34.7. The van der Waals surface area contributed by atoms with Crippen LogP contribution in [0.3, 0.4) is 0 Å². The third-order valence-electron chi connectivity index (χ3n) is 7.62. The quantitative estimate of drug-likeness (QED) is 0.116. The average Bonchev–Trinajstić information content (AvgIpc) is 3.96. The van der Waals surface area contributed by atoms with Crippen LogP contribution < -0.4 is 0 Å². The molecule has 0 amide bonds. The van der Waals surface area contributed by atoms with Gasteiger partial charge >= 0.3 is 0 Å². The summed E-state index contributed by atoms with van der Waals surface area (Å²) in [7, 11) is 2.90. The van der Waals surface area contributed by atoms with Gasteiger partial charge in [0.05, 0.1) is 48.0 Å². The summed E-state index contributed by atoms with van der Waals surface area (Å²) in [5.41, 5.74) is 4.99. The van der Waals surface area contributed by atoms with Gasteiger partial charge in [0.1, 0.15) is 10.1 Å². The molecule has 18 heteroatoms. The van der Waals surface area contributed by atoms with E-state index in [0.717, 1.165) is 41.5 Å². The highest BCUT2D eigenvalue weighted by molar-refractivity contribution is 9.10. The number of hydrogen-bond donors (Lipinski definition) is 0. The third kappa shape index (κ3) is 7.72.